The molecule has 1 aliphatic rings. The summed E-state index contributed by atoms with van der Waals surface area (Å²) in [5, 5.41) is 1.87. The summed E-state index contributed by atoms with van der Waals surface area (Å²) in [4.78, 5) is 17.3. The molecule has 0 atom stereocenters. The number of fused-ring (bicyclic) bond motifs is 1. The smallest absolute Gasteiger partial charge is 0.270 e. The minimum atomic E-state index is 0.120. The molecule has 2 heterocycles. The molecule has 3 aromatic rings. The Hall–Kier alpha value is -2.30. The van der Waals surface area contributed by atoms with Crippen molar-refractivity contribution in [3.63, 3.8) is 0 Å². The molecule has 4 rings (SSSR count). The van der Waals surface area contributed by atoms with Gasteiger partial charge in [-0.3, -0.25) is 9.69 Å². The van der Waals surface area contributed by atoms with Gasteiger partial charge in [0.1, 0.15) is 5.69 Å². The van der Waals surface area contributed by atoms with Crippen LogP contribution in [0.1, 0.15) is 16.1 Å². The van der Waals surface area contributed by atoms with Crippen LogP contribution in [-0.4, -0.2) is 46.5 Å². The van der Waals surface area contributed by atoms with Gasteiger partial charge in [-0.1, -0.05) is 41.9 Å². The van der Waals surface area contributed by atoms with E-state index >= 15 is 0 Å². The molecule has 1 fully saturated rings. The van der Waals surface area contributed by atoms with Crippen molar-refractivity contribution in [2.75, 3.05) is 26.2 Å². The largest absolute Gasteiger partial charge is 0.340 e. The maximum absolute atomic E-state index is 13.0. The Morgan fingerprint density at radius 1 is 1.00 bits per heavy atom. The first-order chi connectivity index (χ1) is 12.6. The van der Waals surface area contributed by atoms with E-state index in [0.29, 0.717) is 0 Å². The Morgan fingerprint density at radius 2 is 1.69 bits per heavy atom. The van der Waals surface area contributed by atoms with Crippen LogP contribution in [0.3, 0.4) is 0 Å². The van der Waals surface area contributed by atoms with E-state index in [1.165, 1.54) is 5.56 Å². The number of aromatic nitrogens is 1. The number of hydrogen-bond acceptors (Lipinski definition) is 2. The maximum Gasteiger partial charge on any atom is 0.270 e. The summed E-state index contributed by atoms with van der Waals surface area (Å²) in [7, 11) is 1.96. The molecule has 26 heavy (non-hydrogen) atoms. The predicted molar refractivity (Wildman–Crippen MR) is 106 cm³/mol. The van der Waals surface area contributed by atoms with Crippen molar-refractivity contribution >= 4 is 28.4 Å². The van der Waals surface area contributed by atoms with Crippen LogP contribution in [0.2, 0.25) is 5.02 Å². The van der Waals surface area contributed by atoms with Gasteiger partial charge in [0.15, 0.2) is 0 Å². The van der Waals surface area contributed by atoms with Gasteiger partial charge in [0.05, 0.1) is 0 Å². The van der Waals surface area contributed by atoms with E-state index in [1.54, 1.807) is 0 Å². The molecule has 0 bridgehead atoms. The molecular weight excluding hydrogens is 346 g/mol. The van der Waals surface area contributed by atoms with Crippen molar-refractivity contribution in [3.8, 4) is 0 Å². The highest BCUT2D eigenvalue weighted by atomic mass is 35.5. The molecule has 5 heteroatoms. The molecule has 0 spiro atoms. The molecule has 4 nitrogen and oxygen atoms in total. The first-order valence-corrected chi connectivity index (χ1v) is 9.30. The summed E-state index contributed by atoms with van der Waals surface area (Å²) in [6, 6.07) is 18.1. The second kappa shape index (κ2) is 7.14. The van der Waals surface area contributed by atoms with Crippen LogP contribution in [0.5, 0.6) is 0 Å². The Labute approximate surface area is 158 Å². The SMILES string of the molecule is Cn1c(C(=O)N2CCN(Cc3ccc(Cl)cc3)CC2)cc2ccccc21. The van der Waals surface area contributed by atoms with E-state index in [9.17, 15) is 4.79 Å². The van der Waals surface area contributed by atoms with E-state index in [1.807, 2.05) is 46.8 Å². The molecule has 0 N–H and O–H groups in total. The third-order valence-electron chi connectivity index (χ3n) is 5.15. The van der Waals surface area contributed by atoms with Crippen LogP contribution < -0.4 is 0 Å². The number of para-hydroxylation sites is 1. The van der Waals surface area contributed by atoms with Gasteiger partial charge >= 0.3 is 0 Å². The summed E-state index contributed by atoms with van der Waals surface area (Å²) in [5.41, 5.74) is 3.11. The molecule has 1 saturated heterocycles. The summed E-state index contributed by atoms with van der Waals surface area (Å²) in [6.07, 6.45) is 0. The highest BCUT2D eigenvalue weighted by molar-refractivity contribution is 6.30. The number of amides is 1. The first-order valence-electron chi connectivity index (χ1n) is 8.92. The minimum Gasteiger partial charge on any atom is -0.340 e. The summed E-state index contributed by atoms with van der Waals surface area (Å²) >= 11 is 5.95. The Kier molecular flexibility index (Phi) is 4.70. The van der Waals surface area contributed by atoms with Crippen LogP contribution in [0.4, 0.5) is 0 Å². The molecule has 1 aliphatic heterocycles. The van der Waals surface area contributed by atoms with E-state index < -0.39 is 0 Å². The Balaban J connectivity index is 1.41. The maximum atomic E-state index is 13.0. The van der Waals surface area contributed by atoms with Crippen molar-refractivity contribution in [2.45, 2.75) is 6.54 Å². The number of carbonyl (C=O) groups is 1. The average Bonchev–Trinajstić information content (AvgIpc) is 3.01. The van der Waals surface area contributed by atoms with Crippen LogP contribution in [-0.2, 0) is 13.6 Å². The van der Waals surface area contributed by atoms with E-state index in [4.69, 9.17) is 11.6 Å². The number of hydrogen-bond donors (Lipinski definition) is 0. The van der Waals surface area contributed by atoms with Gasteiger partial charge in [-0.25, -0.2) is 0 Å². The lowest BCUT2D eigenvalue weighted by Crippen LogP contribution is -2.48. The van der Waals surface area contributed by atoms with Crippen molar-refractivity contribution in [3.05, 3.63) is 70.9 Å². The van der Waals surface area contributed by atoms with Crippen molar-refractivity contribution in [1.82, 2.24) is 14.4 Å². The Morgan fingerprint density at radius 3 is 2.38 bits per heavy atom. The van der Waals surface area contributed by atoms with Gasteiger partial charge in [0.2, 0.25) is 0 Å². The normalized spacial score (nSPS) is 15.5. The van der Waals surface area contributed by atoms with E-state index in [2.05, 4.69) is 29.2 Å². The molecule has 0 radical (unpaired) electrons. The third-order valence-corrected chi connectivity index (χ3v) is 5.40. The molecule has 134 valence electrons. The van der Waals surface area contributed by atoms with E-state index in [-0.39, 0.29) is 5.91 Å². The molecule has 1 aromatic heterocycles. The number of nitrogens with zero attached hydrogens (tertiary/aromatic N) is 3. The standard InChI is InChI=1S/C21H22ClN3O/c1-23-19-5-3-2-4-17(19)14-20(23)21(26)25-12-10-24(11-13-25)15-16-6-8-18(22)9-7-16/h2-9,14H,10-13,15H2,1H3. The summed E-state index contributed by atoms with van der Waals surface area (Å²) in [5.74, 6) is 0.120. The van der Waals surface area contributed by atoms with Gasteiger partial charge in [-0.15, -0.1) is 0 Å². The third kappa shape index (κ3) is 3.35. The fraction of sp³-hybridized carbons (Fsp3) is 0.286. The lowest BCUT2D eigenvalue weighted by molar-refractivity contribution is 0.0619. The van der Waals surface area contributed by atoms with Gasteiger partial charge in [-0.05, 0) is 29.8 Å². The zero-order valence-corrected chi connectivity index (χ0v) is 15.6. The molecule has 0 aliphatic carbocycles. The number of piperazine rings is 1. The van der Waals surface area contributed by atoms with Crippen LogP contribution >= 0.6 is 11.6 Å². The quantitative estimate of drug-likeness (QED) is 0.704. The fourth-order valence-electron chi connectivity index (χ4n) is 3.61. The number of benzene rings is 2. The lowest BCUT2D eigenvalue weighted by Gasteiger charge is -2.34. The summed E-state index contributed by atoms with van der Waals surface area (Å²) < 4.78 is 2.00. The predicted octanol–water partition coefficient (Wildman–Crippen LogP) is 3.79. The topological polar surface area (TPSA) is 28.5 Å². The van der Waals surface area contributed by atoms with Crippen LogP contribution in [0, 0.1) is 0 Å². The number of halogens is 1. The molecule has 2 aromatic carbocycles. The molecular formula is C21H22ClN3O. The second-order valence-corrected chi connectivity index (χ2v) is 7.28. The second-order valence-electron chi connectivity index (χ2n) is 6.84. The number of aryl methyl sites for hydroxylation is 1. The van der Waals surface area contributed by atoms with Crippen molar-refractivity contribution in [2.24, 2.45) is 7.05 Å². The number of rotatable bonds is 3. The fourth-order valence-corrected chi connectivity index (χ4v) is 3.74. The molecule has 1 amide bonds. The van der Waals surface area contributed by atoms with Crippen LogP contribution in [0.15, 0.2) is 54.6 Å². The van der Waals surface area contributed by atoms with Crippen LogP contribution in [0.25, 0.3) is 10.9 Å². The minimum absolute atomic E-state index is 0.120. The van der Waals surface area contributed by atoms with Gasteiger partial charge in [-0.2, -0.15) is 0 Å². The van der Waals surface area contributed by atoms with Crippen molar-refractivity contribution < 1.29 is 4.79 Å². The first kappa shape index (κ1) is 17.1. The highest BCUT2D eigenvalue weighted by Gasteiger charge is 2.24. The highest BCUT2D eigenvalue weighted by Crippen LogP contribution is 2.20. The van der Waals surface area contributed by atoms with Gasteiger partial charge in [0, 0.05) is 55.7 Å². The van der Waals surface area contributed by atoms with Gasteiger partial charge in [0.25, 0.3) is 5.91 Å². The monoisotopic (exact) mass is 367 g/mol. The average molecular weight is 368 g/mol. The summed E-state index contributed by atoms with van der Waals surface area (Å²) in [6.45, 7) is 4.19. The number of carbonyl (C=O) groups excluding carboxylic acids is 1. The van der Waals surface area contributed by atoms with Crippen molar-refractivity contribution in [1.29, 1.82) is 0 Å². The van der Waals surface area contributed by atoms with Gasteiger partial charge < -0.3 is 9.47 Å². The Bertz CT molecular complexity index is 924. The zero-order chi connectivity index (χ0) is 18.1. The van der Waals surface area contributed by atoms with E-state index in [0.717, 1.165) is 54.3 Å². The lowest BCUT2D eigenvalue weighted by atomic mass is 10.2. The zero-order valence-electron chi connectivity index (χ0n) is 14.9. The molecule has 0 unspecified atom stereocenters. The molecule has 0 saturated carbocycles.